The van der Waals surface area contributed by atoms with Gasteiger partial charge in [0.2, 0.25) is 0 Å². The minimum atomic E-state index is -0.183. The lowest BCUT2D eigenvalue weighted by Crippen LogP contribution is -2.11. The Morgan fingerprint density at radius 2 is 1.63 bits per heavy atom. The van der Waals surface area contributed by atoms with E-state index in [9.17, 15) is 4.79 Å². The lowest BCUT2D eigenvalue weighted by Gasteiger charge is -2.08. The van der Waals surface area contributed by atoms with Gasteiger partial charge in [-0.15, -0.1) is 0 Å². The zero-order valence-corrected chi connectivity index (χ0v) is 19.3. The first-order chi connectivity index (χ1) is 17.2. The molecule has 0 fully saturated rings. The third kappa shape index (κ3) is 5.33. The van der Waals surface area contributed by atoms with Crippen molar-refractivity contribution in [3.05, 3.63) is 120 Å². The van der Waals surface area contributed by atoms with Crippen LogP contribution < -0.4 is 14.8 Å². The second-order valence-corrected chi connectivity index (χ2v) is 8.18. The molecule has 0 saturated carbocycles. The lowest BCUT2D eigenvalue weighted by atomic mass is 10.0. The van der Waals surface area contributed by atoms with Crippen LogP contribution >= 0.6 is 0 Å². The van der Waals surface area contributed by atoms with Crippen LogP contribution in [0.3, 0.4) is 0 Å². The summed E-state index contributed by atoms with van der Waals surface area (Å²) in [5.74, 6) is 1.36. The van der Waals surface area contributed by atoms with E-state index in [1.165, 1.54) is 16.3 Å². The molecule has 0 unspecified atom stereocenters. The van der Waals surface area contributed by atoms with Crippen LogP contribution in [0.25, 0.3) is 10.8 Å². The minimum absolute atomic E-state index is 0.183. The Morgan fingerprint density at radius 1 is 0.886 bits per heavy atom. The molecule has 0 bridgehead atoms. The summed E-state index contributed by atoms with van der Waals surface area (Å²) in [5.41, 5.74) is 3.37. The highest BCUT2D eigenvalue weighted by Crippen LogP contribution is 2.21. The highest BCUT2D eigenvalue weighted by Gasteiger charge is 2.09. The average molecular weight is 464 g/mol. The van der Waals surface area contributed by atoms with Gasteiger partial charge in [-0.2, -0.15) is 5.10 Å². The number of rotatable bonds is 8. The molecule has 35 heavy (non-hydrogen) atoms. The molecule has 6 heteroatoms. The third-order valence-corrected chi connectivity index (χ3v) is 5.78. The smallest absolute Gasteiger partial charge is 0.255 e. The first-order valence-corrected chi connectivity index (χ1v) is 11.3. The summed E-state index contributed by atoms with van der Waals surface area (Å²) in [6.45, 7) is 1.04. The number of carbonyl (C=O) groups is 1. The third-order valence-electron chi connectivity index (χ3n) is 5.78. The Hall–Kier alpha value is -4.58. The van der Waals surface area contributed by atoms with Crippen LogP contribution in [-0.2, 0) is 13.2 Å². The number of aromatic nitrogens is 2. The summed E-state index contributed by atoms with van der Waals surface area (Å²) in [7, 11) is 1.63. The van der Waals surface area contributed by atoms with Gasteiger partial charge in [0.1, 0.15) is 18.1 Å². The molecule has 0 saturated heterocycles. The van der Waals surface area contributed by atoms with Gasteiger partial charge in [0.25, 0.3) is 5.91 Å². The molecule has 5 rings (SSSR count). The van der Waals surface area contributed by atoms with E-state index < -0.39 is 0 Å². The number of fused-ring (bicyclic) bond motifs is 1. The number of methoxy groups -OCH3 is 1. The van der Waals surface area contributed by atoms with E-state index in [1.807, 2.05) is 59.4 Å². The Labute approximate surface area is 203 Å². The summed E-state index contributed by atoms with van der Waals surface area (Å²) >= 11 is 0. The van der Waals surface area contributed by atoms with Crippen LogP contribution in [0.1, 0.15) is 21.5 Å². The molecule has 6 nitrogen and oxygen atoms in total. The molecule has 0 radical (unpaired) electrons. The van der Waals surface area contributed by atoms with Gasteiger partial charge >= 0.3 is 0 Å². The molecule has 5 aromatic rings. The van der Waals surface area contributed by atoms with E-state index in [-0.39, 0.29) is 5.91 Å². The molecule has 1 heterocycles. The molecule has 0 aliphatic heterocycles. The monoisotopic (exact) mass is 463 g/mol. The molecule has 1 aromatic heterocycles. The standard InChI is InChI=1S/C29H25N3O3/c1-34-26-13-15-27(16-14-26)35-20-21-9-11-23(12-10-21)29(33)31-25-17-30-32(19-25)18-24-7-4-6-22-5-2-3-8-28(22)24/h2-17,19H,18,20H2,1H3,(H,31,33). The number of hydrogen-bond donors (Lipinski definition) is 1. The molecular weight excluding hydrogens is 438 g/mol. The van der Waals surface area contributed by atoms with Gasteiger partial charge < -0.3 is 14.8 Å². The average Bonchev–Trinajstić information content (AvgIpc) is 3.35. The number of nitrogens with zero attached hydrogens (tertiary/aromatic N) is 2. The molecule has 0 aliphatic carbocycles. The van der Waals surface area contributed by atoms with Gasteiger partial charge in [-0.25, -0.2) is 0 Å². The van der Waals surface area contributed by atoms with E-state index in [4.69, 9.17) is 9.47 Å². The zero-order valence-electron chi connectivity index (χ0n) is 19.3. The van der Waals surface area contributed by atoms with Crippen molar-refractivity contribution in [2.45, 2.75) is 13.2 Å². The van der Waals surface area contributed by atoms with Gasteiger partial charge in [-0.1, -0.05) is 54.6 Å². The topological polar surface area (TPSA) is 65.4 Å². The Balaban J connectivity index is 1.18. The summed E-state index contributed by atoms with van der Waals surface area (Å²) < 4.78 is 12.8. The van der Waals surface area contributed by atoms with Crippen LogP contribution in [-0.4, -0.2) is 22.8 Å². The van der Waals surface area contributed by atoms with Crippen molar-refractivity contribution in [2.75, 3.05) is 12.4 Å². The number of hydrogen-bond acceptors (Lipinski definition) is 4. The molecule has 0 aliphatic rings. The predicted octanol–water partition coefficient (Wildman–Crippen LogP) is 5.92. The Kier molecular flexibility index (Phi) is 6.44. The highest BCUT2D eigenvalue weighted by atomic mass is 16.5. The van der Waals surface area contributed by atoms with Crippen molar-refractivity contribution in [3.8, 4) is 11.5 Å². The van der Waals surface area contributed by atoms with Crippen LogP contribution in [0.4, 0.5) is 5.69 Å². The summed E-state index contributed by atoms with van der Waals surface area (Å²) in [4.78, 5) is 12.7. The van der Waals surface area contributed by atoms with Crippen molar-refractivity contribution < 1.29 is 14.3 Å². The largest absolute Gasteiger partial charge is 0.497 e. The van der Waals surface area contributed by atoms with Gasteiger partial charge in [0.15, 0.2) is 0 Å². The van der Waals surface area contributed by atoms with E-state index in [0.717, 1.165) is 17.1 Å². The van der Waals surface area contributed by atoms with E-state index in [2.05, 4.69) is 40.7 Å². The second-order valence-electron chi connectivity index (χ2n) is 8.18. The van der Waals surface area contributed by atoms with Gasteiger partial charge in [0, 0.05) is 11.8 Å². The van der Waals surface area contributed by atoms with Crippen LogP contribution in [0, 0.1) is 0 Å². The summed E-state index contributed by atoms with van der Waals surface area (Å²) in [6, 6.07) is 29.3. The normalized spacial score (nSPS) is 10.8. The second kappa shape index (κ2) is 10.1. The van der Waals surface area contributed by atoms with E-state index >= 15 is 0 Å². The maximum atomic E-state index is 12.7. The number of benzene rings is 4. The number of carbonyl (C=O) groups excluding carboxylic acids is 1. The van der Waals surface area contributed by atoms with E-state index in [1.54, 1.807) is 25.4 Å². The number of nitrogens with one attached hydrogen (secondary N) is 1. The Morgan fingerprint density at radius 3 is 2.43 bits per heavy atom. The SMILES string of the molecule is COc1ccc(OCc2ccc(C(=O)Nc3cnn(Cc4cccc5ccccc45)c3)cc2)cc1. The fraction of sp³-hybridized carbons (Fsp3) is 0.103. The molecule has 0 spiro atoms. The van der Waals surface area contributed by atoms with Crippen LogP contribution in [0.5, 0.6) is 11.5 Å². The van der Waals surface area contributed by atoms with Gasteiger partial charge in [0.05, 0.1) is 25.5 Å². The van der Waals surface area contributed by atoms with Gasteiger partial charge in [-0.3, -0.25) is 9.48 Å². The fourth-order valence-electron chi connectivity index (χ4n) is 3.91. The highest BCUT2D eigenvalue weighted by molar-refractivity contribution is 6.04. The molecule has 0 atom stereocenters. The van der Waals surface area contributed by atoms with Crippen molar-refractivity contribution in [1.29, 1.82) is 0 Å². The number of anilines is 1. The first kappa shape index (κ1) is 22.2. The van der Waals surface area contributed by atoms with Crippen molar-refractivity contribution in [2.24, 2.45) is 0 Å². The fourth-order valence-corrected chi connectivity index (χ4v) is 3.91. The predicted molar refractivity (Wildman–Crippen MR) is 137 cm³/mol. The minimum Gasteiger partial charge on any atom is -0.497 e. The number of ether oxygens (including phenoxy) is 2. The maximum Gasteiger partial charge on any atom is 0.255 e. The van der Waals surface area contributed by atoms with E-state index in [0.29, 0.717) is 24.4 Å². The molecule has 4 aromatic carbocycles. The molecule has 1 amide bonds. The maximum absolute atomic E-state index is 12.7. The quantitative estimate of drug-likeness (QED) is 0.310. The first-order valence-electron chi connectivity index (χ1n) is 11.3. The van der Waals surface area contributed by atoms with Crippen molar-refractivity contribution in [3.63, 3.8) is 0 Å². The Bertz CT molecular complexity index is 1440. The van der Waals surface area contributed by atoms with Crippen LogP contribution in [0.2, 0.25) is 0 Å². The summed E-state index contributed by atoms with van der Waals surface area (Å²) in [6.07, 6.45) is 3.51. The van der Waals surface area contributed by atoms with Crippen LogP contribution in [0.15, 0.2) is 103 Å². The summed E-state index contributed by atoms with van der Waals surface area (Å²) in [5, 5.41) is 9.74. The van der Waals surface area contributed by atoms with Gasteiger partial charge in [-0.05, 0) is 58.3 Å². The zero-order chi connectivity index (χ0) is 24.0. The molecule has 174 valence electrons. The molecule has 1 N–H and O–H groups in total. The van der Waals surface area contributed by atoms with Crippen molar-refractivity contribution in [1.82, 2.24) is 9.78 Å². The number of amides is 1. The lowest BCUT2D eigenvalue weighted by molar-refractivity contribution is 0.102. The van der Waals surface area contributed by atoms with Crippen molar-refractivity contribution >= 4 is 22.4 Å². The molecular formula is C29H25N3O3.